The number of piperazine rings is 1. The van der Waals surface area contributed by atoms with Gasteiger partial charge in [0.25, 0.3) is 10.0 Å². The first-order valence-electron chi connectivity index (χ1n) is 6.04. The molecule has 106 valence electrons. The first-order chi connectivity index (χ1) is 8.77. The molecule has 0 saturated carbocycles. The molecule has 7 heteroatoms. The van der Waals surface area contributed by atoms with Crippen LogP contribution in [0.1, 0.15) is 24.4 Å². The Labute approximate surface area is 113 Å². The molecule has 6 nitrogen and oxygen atoms in total. The summed E-state index contributed by atoms with van der Waals surface area (Å²) in [6, 6.07) is 2.69. The Hall–Kier alpha value is -1.18. The Morgan fingerprint density at radius 3 is 2.53 bits per heavy atom. The Morgan fingerprint density at radius 2 is 2.00 bits per heavy atom. The normalized spacial score (nSPS) is 21.4. The highest BCUT2D eigenvalue weighted by Gasteiger charge is 2.38. The highest BCUT2D eigenvalue weighted by molar-refractivity contribution is 7.89. The molecular weight excluding hydrogens is 268 g/mol. The molecule has 0 atom stereocenters. The molecule has 0 spiro atoms. The maximum Gasteiger partial charge on any atom is 0.276 e. The van der Waals surface area contributed by atoms with Gasteiger partial charge in [-0.2, -0.15) is 4.31 Å². The summed E-state index contributed by atoms with van der Waals surface area (Å²) in [5.74, 6) is 0.0203. The summed E-state index contributed by atoms with van der Waals surface area (Å²) in [7, 11) is -1.69. The van der Waals surface area contributed by atoms with E-state index in [4.69, 9.17) is 4.42 Å². The number of sulfonamides is 1. The molecule has 0 bridgehead atoms. The van der Waals surface area contributed by atoms with E-state index in [1.54, 1.807) is 0 Å². The number of hydrogen-bond acceptors (Lipinski definition) is 5. The van der Waals surface area contributed by atoms with Crippen LogP contribution in [-0.2, 0) is 10.0 Å². The number of carbonyl (C=O) groups excluding carboxylic acids is 1. The molecule has 0 N–H and O–H groups in total. The first kappa shape index (κ1) is 14.2. The van der Waals surface area contributed by atoms with Gasteiger partial charge in [-0.25, -0.2) is 8.42 Å². The zero-order valence-corrected chi connectivity index (χ0v) is 12.1. The van der Waals surface area contributed by atoms with E-state index in [2.05, 4.69) is 4.90 Å². The predicted molar refractivity (Wildman–Crippen MR) is 69.6 cm³/mol. The van der Waals surface area contributed by atoms with E-state index >= 15 is 0 Å². The van der Waals surface area contributed by atoms with Crippen molar-refractivity contribution in [2.45, 2.75) is 24.5 Å². The van der Waals surface area contributed by atoms with Crippen LogP contribution >= 0.6 is 0 Å². The summed E-state index contributed by atoms with van der Waals surface area (Å²) in [5, 5.41) is -0.171. The smallest absolute Gasteiger partial charge is 0.276 e. The molecule has 1 aliphatic heterocycles. The van der Waals surface area contributed by atoms with Crippen molar-refractivity contribution in [1.82, 2.24) is 9.21 Å². The van der Waals surface area contributed by atoms with Crippen molar-refractivity contribution < 1.29 is 17.6 Å². The van der Waals surface area contributed by atoms with Gasteiger partial charge in [0.1, 0.15) is 0 Å². The Morgan fingerprint density at radius 1 is 1.32 bits per heavy atom. The number of hydrogen-bond donors (Lipinski definition) is 0. The minimum atomic E-state index is -3.66. The lowest BCUT2D eigenvalue weighted by Crippen LogP contribution is -2.58. The molecule has 2 rings (SSSR count). The van der Waals surface area contributed by atoms with Crippen molar-refractivity contribution in [2.24, 2.45) is 0 Å². The average Bonchev–Trinajstić information content (AvgIpc) is 2.81. The molecule has 1 aromatic rings. The molecule has 1 aromatic heterocycles. The standard InChI is InChI=1S/C12H18N2O4S/c1-12(2)9-14(7-6-13(12)3)19(16,17)11-5-4-10(8-15)18-11/h4-5,8H,6-7,9H2,1-3H3. The minimum absolute atomic E-state index is 0.0203. The quantitative estimate of drug-likeness (QED) is 0.769. The molecular formula is C12H18N2O4S. The molecule has 2 heterocycles. The highest BCUT2D eigenvalue weighted by Crippen LogP contribution is 2.25. The van der Waals surface area contributed by atoms with E-state index < -0.39 is 10.0 Å². The van der Waals surface area contributed by atoms with Crippen LogP contribution in [0.15, 0.2) is 21.6 Å². The van der Waals surface area contributed by atoms with Crippen molar-refractivity contribution in [3.8, 4) is 0 Å². The van der Waals surface area contributed by atoms with Crippen molar-refractivity contribution >= 4 is 16.3 Å². The van der Waals surface area contributed by atoms with E-state index in [-0.39, 0.29) is 16.4 Å². The van der Waals surface area contributed by atoms with Gasteiger partial charge in [-0.15, -0.1) is 0 Å². The summed E-state index contributed by atoms with van der Waals surface area (Å²) in [5.41, 5.74) is -0.231. The fourth-order valence-electron chi connectivity index (χ4n) is 2.06. The molecule has 19 heavy (non-hydrogen) atoms. The Balaban J connectivity index is 2.28. The van der Waals surface area contributed by atoms with E-state index in [1.165, 1.54) is 16.4 Å². The third kappa shape index (κ3) is 2.58. The van der Waals surface area contributed by atoms with Crippen LogP contribution in [0, 0.1) is 0 Å². The van der Waals surface area contributed by atoms with Crippen LogP contribution in [0.4, 0.5) is 0 Å². The van der Waals surface area contributed by atoms with Gasteiger partial charge in [0.15, 0.2) is 12.0 Å². The van der Waals surface area contributed by atoms with Crippen LogP contribution in [0.3, 0.4) is 0 Å². The second kappa shape index (κ2) is 4.73. The van der Waals surface area contributed by atoms with Crippen molar-refractivity contribution in [3.05, 3.63) is 17.9 Å². The van der Waals surface area contributed by atoms with Gasteiger partial charge in [0.2, 0.25) is 5.09 Å². The van der Waals surface area contributed by atoms with Crippen molar-refractivity contribution in [3.63, 3.8) is 0 Å². The predicted octanol–water partition coefficient (Wildman–Crippen LogP) is 0.807. The largest absolute Gasteiger partial charge is 0.440 e. The number of furan rings is 1. The summed E-state index contributed by atoms with van der Waals surface area (Å²) in [6.07, 6.45) is 0.493. The van der Waals surface area contributed by atoms with Crippen molar-refractivity contribution in [2.75, 3.05) is 26.7 Å². The molecule has 0 aliphatic carbocycles. The van der Waals surface area contributed by atoms with Gasteiger partial charge in [0.05, 0.1) is 0 Å². The third-order valence-corrected chi connectivity index (χ3v) is 5.31. The van der Waals surface area contributed by atoms with E-state index in [0.717, 1.165) is 0 Å². The Bertz CT molecular complexity index is 576. The van der Waals surface area contributed by atoms with Gasteiger partial charge in [0, 0.05) is 25.2 Å². The molecule has 1 saturated heterocycles. The average molecular weight is 286 g/mol. The molecule has 0 unspecified atom stereocenters. The number of rotatable bonds is 3. The monoisotopic (exact) mass is 286 g/mol. The molecule has 0 radical (unpaired) electrons. The SMILES string of the molecule is CN1CCN(S(=O)(=O)c2ccc(C=O)o2)CC1(C)C. The number of likely N-dealkylation sites (N-methyl/N-ethyl adjacent to an activating group) is 1. The van der Waals surface area contributed by atoms with E-state index in [1.807, 2.05) is 20.9 Å². The van der Waals surface area contributed by atoms with Crippen LogP contribution in [-0.4, -0.2) is 56.1 Å². The second-order valence-corrected chi connectivity index (χ2v) is 7.22. The summed E-state index contributed by atoms with van der Waals surface area (Å²) < 4.78 is 31.3. The Kier molecular flexibility index (Phi) is 3.55. The second-order valence-electron chi connectivity index (χ2n) is 5.35. The van der Waals surface area contributed by atoms with Gasteiger partial charge in [-0.1, -0.05) is 0 Å². The minimum Gasteiger partial charge on any atom is -0.440 e. The zero-order valence-electron chi connectivity index (χ0n) is 11.3. The summed E-state index contributed by atoms with van der Waals surface area (Å²) in [4.78, 5) is 12.7. The summed E-state index contributed by atoms with van der Waals surface area (Å²) in [6.45, 7) is 5.46. The lowest BCUT2D eigenvalue weighted by molar-refractivity contribution is 0.0793. The topological polar surface area (TPSA) is 70.8 Å². The number of aldehydes is 1. The third-order valence-electron chi connectivity index (χ3n) is 3.59. The fraction of sp³-hybridized carbons (Fsp3) is 0.583. The van der Waals surface area contributed by atoms with Gasteiger partial charge in [-0.05, 0) is 33.0 Å². The molecule has 1 fully saturated rings. The van der Waals surface area contributed by atoms with Crippen LogP contribution in [0.2, 0.25) is 0 Å². The first-order valence-corrected chi connectivity index (χ1v) is 7.48. The van der Waals surface area contributed by atoms with Gasteiger partial charge in [-0.3, -0.25) is 9.69 Å². The lowest BCUT2D eigenvalue weighted by atomic mass is 10.0. The molecule has 1 aliphatic rings. The zero-order chi connectivity index (χ0) is 14.3. The van der Waals surface area contributed by atoms with E-state index in [9.17, 15) is 13.2 Å². The fourth-order valence-corrected chi connectivity index (χ4v) is 3.57. The van der Waals surface area contributed by atoms with Crippen molar-refractivity contribution in [1.29, 1.82) is 0 Å². The summed E-state index contributed by atoms with van der Waals surface area (Å²) >= 11 is 0. The lowest BCUT2D eigenvalue weighted by Gasteiger charge is -2.44. The van der Waals surface area contributed by atoms with Gasteiger partial charge < -0.3 is 4.42 Å². The number of carbonyl (C=O) groups is 1. The van der Waals surface area contributed by atoms with Crippen LogP contribution in [0.5, 0.6) is 0 Å². The van der Waals surface area contributed by atoms with E-state index in [0.29, 0.717) is 25.9 Å². The van der Waals surface area contributed by atoms with Crippen LogP contribution in [0.25, 0.3) is 0 Å². The van der Waals surface area contributed by atoms with Crippen LogP contribution < -0.4 is 0 Å². The van der Waals surface area contributed by atoms with Gasteiger partial charge >= 0.3 is 0 Å². The maximum absolute atomic E-state index is 12.4. The number of nitrogens with zero attached hydrogens (tertiary/aromatic N) is 2. The molecule has 0 amide bonds. The highest BCUT2D eigenvalue weighted by atomic mass is 32.2. The molecule has 0 aromatic carbocycles. The maximum atomic E-state index is 12.4.